The van der Waals surface area contributed by atoms with Crippen molar-refractivity contribution in [2.45, 2.75) is 19.3 Å². The number of carbonyl (C=O) groups excluding carboxylic acids is 1. The highest BCUT2D eigenvalue weighted by molar-refractivity contribution is 6.33. The summed E-state index contributed by atoms with van der Waals surface area (Å²) in [6.07, 6.45) is 1.64. The van der Waals surface area contributed by atoms with Gasteiger partial charge in [0.1, 0.15) is 5.69 Å². The Kier molecular flexibility index (Phi) is 5.38. The van der Waals surface area contributed by atoms with Gasteiger partial charge in [-0.1, -0.05) is 17.7 Å². The first-order valence-electron chi connectivity index (χ1n) is 5.47. The molecule has 0 atom stereocenters. The number of nitro groups is 1. The van der Waals surface area contributed by atoms with Crippen LogP contribution >= 0.6 is 11.6 Å². The first-order valence-corrected chi connectivity index (χ1v) is 5.85. The summed E-state index contributed by atoms with van der Waals surface area (Å²) < 4.78 is 0. The summed E-state index contributed by atoms with van der Waals surface area (Å²) in [5, 5.41) is 14.0. The van der Waals surface area contributed by atoms with Crippen molar-refractivity contribution in [3.63, 3.8) is 0 Å². The highest BCUT2D eigenvalue weighted by atomic mass is 35.5. The van der Waals surface area contributed by atoms with Gasteiger partial charge in [0.2, 0.25) is 5.91 Å². The van der Waals surface area contributed by atoms with Crippen LogP contribution in [-0.4, -0.2) is 17.4 Å². The second-order valence-corrected chi connectivity index (χ2v) is 4.15. The molecule has 3 N–H and O–H groups in total. The van der Waals surface area contributed by atoms with Gasteiger partial charge < -0.3 is 11.1 Å². The molecule has 0 aliphatic rings. The largest absolute Gasteiger partial charge is 0.378 e. The SMILES string of the molecule is NC(=O)CCCCNc1c(Cl)cccc1[N+](=O)[O-]. The van der Waals surface area contributed by atoms with Crippen molar-refractivity contribution in [2.24, 2.45) is 5.73 Å². The summed E-state index contributed by atoms with van der Waals surface area (Å²) >= 11 is 5.90. The predicted octanol–water partition coefficient (Wildman–Crippen LogP) is 2.32. The molecule has 7 heteroatoms. The second kappa shape index (κ2) is 6.80. The van der Waals surface area contributed by atoms with E-state index in [1.54, 1.807) is 6.07 Å². The number of amides is 1. The summed E-state index contributed by atoms with van der Waals surface area (Å²) in [6, 6.07) is 4.50. The minimum Gasteiger partial charge on any atom is -0.378 e. The van der Waals surface area contributed by atoms with Crippen molar-refractivity contribution in [3.8, 4) is 0 Å². The molecule has 0 radical (unpaired) electrons. The van der Waals surface area contributed by atoms with E-state index in [0.29, 0.717) is 36.5 Å². The van der Waals surface area contributed by atoms with Crippen molar-refractivity contribution in [1.82, 2.24) is 0 Å². The van der Waals surface area contributed by atoms with Crippen LogP contribution in [0.25, 0.3) is 0 Å². The lowest BCUT2D eigenvalue weighted by molar-refractivity contribution is -0.383. The van der Waals surface area contributed by atoms with Gasteiger partial charge in [0.25, 0.3) is 5.69 Å². The van der Waals surface area contributed by atoms with Crippen LogP contribution in [0.3, 0.4) is 0 Å². The van der Waals surface area contributed by atoms with Crippen molar-refractivity contribution in [3.05, 3.63) is 33.3 Å². The Balaban J connectivity index is 2.56. The highest BCUT2D eigenvalue weighted by Crippen LogP contribution is 2.31. The van der Waals surface area contributed by atoms with Crippen LogP contribution in [0.5, 0.6) is 0 Å². The van der Waals surface area contributed by atoms with E-state index in [-0.39, 0.29) is 11.6 Å². The predicted molar refractivity (Wildman–Crippen MR) is 69.6 cm³/mol. The van der Waals surface area contributed by atoms with Crippen LogP contribution in [0.4, 0.5) is 11.4 Å². The standard InChI is InChI=1S/C11H14ClN3O3/c12-8-4-3-5-9(15(17)18)11(8)14-7-2-1-6-10(13)16/h3-5,14H,1-2,6-7H2,(H2,13,16). The van der Waals surface area contributed by atoms with Gasteiger partial charge in [-0.05, 0) is 18.9 Å². The third-order valence-electron chi connectivity index (χ3n) is 2.34. The number of nitrogens with one attached hydrogen (secondary N) is 1. The van der Waals surface area contributed by atoms with Crippen molar-refractivity contribution < 1.29 is 9.72 Å². The zero-order valence-corrected chi connectivity index (χ0v) is 10.4. The van der Waals surface area contributed by atoms with Gasteiger partial charge in [-0.15, -0.1) is 0 Å². The van der Waals surface area contributed by atoms with Gasteiger partial charge >= 0.3 is 0 Å². The Hall–Kier alpha value is -1.82. The number of nitrogens with zero attached hydrogens (tertiary/aromatic N) is 1. The van der Waals surface area contributed by atoms with Gasteiger partial charge in [0, 0.05) is 19.0 Å². The molecule has 98 valence electrons. The number of halogens is 1. The van der Waals surface area contributed by atoms with E-state index in [9.17, 15) is 14.9 Å². The maximum Gasteiger partial charge on any atom is 0.293 e. The topological polar surface area (TPSA) is 98.3 Å². The quantitative estimate of drug-likeness (QED) is 0.452. The van der Waals surface area contributed by atoms with Crippen LogP contribution in [0.1, 0.15) is 19.3 Å². The Labute approximate surface area is 109 Å². The molecule has 0 saturated carbocycles. The van der Waals surface area contributed by atoms with E-state index in [1.807, 2.05) is 0 Å². The van der Waals surface area contributed by atoms with Crippen molar-refractivity contribution in [1.29, 1.82) is 0 Å². The summed E-state index contributed by atoms with van der Waals surface area (Å²) in [5.74, 6) is -0.348. The van der Waals surface area contributed by atoms with Gasteiger partial charge in [0.15, 0.2) is 0 Å². The summed E-state index contributed by atoms with van der Waals surface area (Å²) in [4.78, 5) is 20.8. The van der Waals surface area contributed by atoms with Crippen LogP contribution < -0.4 is 11.1 Å². The monoisotopic (exact) mass is 271 g/mol. The van der Waals surface area contributed by atoms with Gasteiger partial charge in [-0.2, -0.15) is 0 Å². The number of anilines is 1. The van der Waals surface area contributed by atoms with E-state index in [0.717, 1.165) is 0 Å². The maximum atomic E-state index is 10.8. The lowest BCUT2D eigenvalue weighted by Crippen LogP contribution is -2.11. The number of rotatable bonds is 7. The fraction of sp³-hybridized carbons (Fsp3) is 0.364. The van der Waals surface area contributed by atoms with E-state index >= 15 is 0 Å². The average Bonchev–Trinajstić information content (AvgIpc) is 2.29. The lowest BCUT2D eigenvalue weighted by Gasteiger charge is -2.08. The highest BCUT2D eigenvalue weighted by Gasteiger charge is 2.15. The lowest BCUT2D eigenvalue weighted by atomic mass is 10.2. The molecular weight excluding hydrogens is 258 g/mol. The first-order chi connectivity index (χ1) is 8.52. The summed E-state index contributed by atoms with van der Waals surface area (Å²) in [6.45, 7) is 0.498. The molecular formula is C11H14ClN3O3. The molecule has 0 aliphatic heterocycles. The number of primary amides is 1. The molecule has 0 bridgehead atoms. The zero-order chi connectivity index (χ0) is 13.5. The molecule has 1 rings (SSSR count). The smallest absolute Gasteiger partial charge is 0.293 e. The third kappa shape index (κ3) is 4.21. The summed E-state index contributed by atoms with van der Waals surface area (Å²) in [7, 11) is 0. The Morgan fingerprint density at radius 2 is 2.17 bits per heavy atom. The van der Waals surface area contributed by atoms with Crippen molar-refractivity contribution in [2.75, 3.05) is 11.9 Å². The number of hydrogen-bond acceptors (Lipinski definition) is 4. The van der Waals surface area contributed by atoms with Crippen molar-refractivity contribution >= 4 is 28.9 Å². The minimum atomic E-state index is -0.488. The number of hydrogen-bond donors (Lipinski definition) is 2. The molecule has 1 amide bonds. The first kappa shape index (κ1) is 14.2. The van der Waals surface area contributed by atoms with E-state index in [4.69, 9.17) is 17.3 Å². The second-order valence-electron chi connectivity index (χ2n) is 3.74. The zero-order valence-electron chi connectivity index (χ0n) is 9.69. The number of para-hydroxylation sites is 1. The molecule has 0 saturated heterocycles. The number of carbonyl (C=O) groups is 1. The van der Waals surface area contributed by atoms with Gasteiger partial charge in [-0.3, -0.25) is 14.9 Å². The molecule has 18 heavy (non-hydrogen) atoms. The number of nitrogens with two attached hydrogens (primary N) is 1. The molecule has 0 unspecified atom stereocenters. The molecule has 0 heterocycles. The number of unbranched alkanes of at least 4 members (excludes halogenated alkanes) is 1. The fourth-order valence-electron chi connectivity index (χ4n) is 1.48. The minimum absolute atomic E-state index is 0.0580. The third-order valence-corrected chi connectivity index (χ3v) is 2.66. The molecule has 6 nitrogen and oxygen atoms in total. The normalized spacial score (nSPS) is 10.1. The summed E-state index contributed by atoms with van der Waals surface area (Å²) in [5.41, 5.74) is 5.25. The Morgan fingerprint density at radius 3 is 2.78 bits per heavy atom. The molecule has 0 aliphatic carbocycles. The van der Waals surface area contributed by atoms with E-state index in [1.165, 1.54) is 12.1 Å². The number of nitro benzene ring substituents is 1. The molecule has 1 aromatic rings. The Morgan fingerprint density at radius 1 is 1.44 bits per heavy atom. The molecule has 0 spiro atoms. The van der Waals surface area contributed by atoms with Crippen LogP contribution in [-0.2, 0) is 4.79 Å². The maximum absolute atomic E-state index is 10.8. The molecule has 1 aromatic carbocycles. The van der Waals surface area contributed by atoms with Crippen LogP contribution in [0.15, 0.2) is 18.2 Å². The van der Waals surface area contributed by atoms with Gasteiger partial charge in [0.05, 0.1) is 9.95 Å². The fourth-order valence-corrected chi connectivity index (χ4v) is 1.71. The van der Waals surface area contributed by atoms with Crippen LogP contribution in [0, 0.1) is 10.1 Å². The van der Waals surface area contributed by atoms with Gasteiger partial charge in [-0.25, -0.2) is 0 Å². The number of benzene rings is 1. The average molecular weight is 272 g/mol. The van der Waals surface area contributed by atoms with Crippen LogP contribution in [0.2, 0.25) is 5.02 Å². The molecule has 0 fully saturated rings. The van der Waals surface area contributed by atoms with E-state index in [2.05, 4.69) is 5.32 Å². The molecule has 0 aromatic heterocycles. The Bertz CT molecular complexity index is 451. The van der Waals surface area contributed by atoms with E-state index < -0.39 is 4.92 Å².